The highest BCUT2D eigenvalue weighted by Gasteiger charge is 2.44. The monoisotopic (exact) mass is 325 g/mol. The lowest BCUT2D eigenvalue weighted by Gasteiger charge is -2.25. The first-order valence-electron chi connectivity index (χ1n) is 7.15. The third-order valence-corrected chi connectivity index (χ3v) is 4.80. The van der Waals surface area contributed by atoms with Crippen LogP contribution in [-0.4, -0.2) is 19.7 Å². The third kappa shape index (κ3) is 3.73. The van der Waals surface area contributed by atoms with Crippen LogP contribution in [0.4, 0.5) is 0 Å². The summed E-state index contributed by atoms with van der Waals surface area (Å²) in [7, 11) is 1.70. The number of halogens is 1. The molecule has 2 rings (SSSR count). The molecular formula is C16H24BrNO. The van der Waals surface area contributed by atoms with E-state index in [2.05, 4.69) is 47.2 Å². The van der Waals surface area contributed by atoms with Crippen LogP contribution in [0.15, 0.2) is 22.7 Å². The first-order valence-corrected chi connectivity index (χ1v) is 7.94. The molecule has 0 saturated heterocycles. The van der Waals surface area contributed by atoms with Crippen LogP contribution in [0.1, 0.15) is 38.7 Å². The van der Waals surface area contributed by atoms with Crippen molar-refractivity contribution in [1.82, 2.24) is 5.32 Å². The van der Waals surface area contributed by atoms with Crippen molar-refractivity contribution in [2.45, 2.75) is 45.6 Å². The Hall–Kier alpha value is -0.540. The van der Waals surface area contributed by atoms with E-state index in [4.69, 9.17) is 4.74 Å². The summed E-state index contributed by atoms with van der Waals surface area (Å²) in [5.41, 5.74) is 1.87. The second-order valence-corrected chi connectivity index (χ2v) is 6.69. The van der Waals surface area contributed by atoms with E-state index in [0.29, 0.717) is 11.5 Å². The highest BCUT2D eigenvalue weighted by molar-refractivity contribution is 9.10. The summed E-state index contributed by atoms with van der Waals surface area (Å²) in [4.78, 5) is 0. The molecule has 1 fully saturated rings. The average molecular weight is 326 g/mol. The summed E-state index contributed by atoms with van der Waals surface area (Å²) in [5, 5.41) is 3.72. The summed E-state index contributed by atoms with van der Waals surface area (Å²) in [6.07, 6.45) is 5.00. The molecule has 1 saturated carbocycles. The van der Waals surface area contributed by atoms with Crippen molar-refractivity contribution in [3.8, 4) is 5.75 Å². The van der Waals surface area contributed by atoms with Crippen molar-refractivity contribution in [2.24, 2.45) is 5.41 Å². The summed E-state index contributed by atoms with van der Waals surface area (Å²) < 4.78 is 6.33. The number of ether oxygens (including phenoxy) is 1. The first-order chi connectivity index (χ1) is 9.09. The fourth-order valence-electron chi connectivity index (χ4n) is 2.50. The van der Waals surface area contributed by atoms with E-state index in [1.807, 2.05) is 6.07 Å². The highest BCUT2D eigenvalue weighted by Crippen LogP contribution is 2.49. The Morgan fingerprint density at radius 1 is 1.42 bits per heavy atom. The van der Waals surface area contributed by atoms with Crippen LogP contribution in [0.3, 0.4) is 0 Å². The van der Waals surface area contributed by atoms with Gasteiger partial charge >= 0.3 is 0 Å². The number of benzene rings is 1. The number of rotatable bonds is 7. The maximum atomic E-state index is 5.29. The predicted octanol–water partition coefficient (Wildman–Crippen LogP) is 4.17. The van der Waals surface area contributed by atoms with E-state index in [-0.39, 0.29) is 0 Å². The molecule has 0 aromatic heterocycles. The molecule has 0 radical (unpaired) electrons. The molecule has 1 aromatic carbocycles. The van der Waals surface area contributed by atoms with Crippen LogP contribution < -0.4 is 10.1 Å². The molecule has 1 N–H and O–H groups in total. The Balaban J connectivity index is 2.06. The van der Waals surface area contributed by atoms with E-state index in [1.165, 1.54) is 24.8 Å². The van der Waals surface area contributed by atoms with Crippen LogP contribution >= 0.6 is 15.9 Å². The van der Waals surface area contributed by atoms with Gasteiger partial charge in [-0.1, -0.05) is 19.9 Å². The van der Waals surface area contributed by atoms with Gasteiger partial charge < -0.3 is 10.1 Å². The molecule has 3 heteroatoms. The zero-order valence-electron chi connectivity index (χ0n) is 12.1. The number of nitrogens with one attached hydrogen (secondary N) is 1. The predicted molar refractivity (Wildman–Crippen MR) is 83.8 cm³/mol. The Bertz CT molecular complexity index is 429. The third-order valence-electron chi connectivity index (χ3n) is 4.18. The van der Waals surface area contributed by atoms with E-state index in [9.17, 15) is 0 Å². The Morgan fingerprint density at radius 3 is 2.68 bits per heavy atom. The van der Waals surface area contributed by atoms with Crippen LogP contribution in [0.25, 0.3) is 0 Å². The maximum Gasteiger partial charge on any atom is 0.133 e. The van der Waals surface area contributed by atoms with Gasteiger partial charge in [0, 0.05) is 6.04 Å². The van der Waals surface area contributed by atoms with Gasteiger partial charge in [-0.15, -0.1) is 0 Å². The highest BCUT2D eigenvalue weighted by atomic mass is 79.9. The molecule has 1 atom stereocenters. The molecule has 1 unspecified atom stereocenters. The van der Waals surface area contributed by atoms with Crippen LogP contribution in [0.2, 0.25) is 0 Å². The zero-order chi connectivity index (χ0) is 13.9. The molecule has 0 amide bonds. The van der Waals surface area contributed by atoms with Gasteiger partial charge in [0.05, 0.1) is 11.6 Å². The second kappa shape index (κ2) is 6.27. The van der Waals surface area contributed by atoms with Gasteiger partial charge in [-0.3, -0.25) is 0 Å². The molecule has 0 spiro atoms. The van der Waals surface area contributed by atoms with Crippen LogP contribution in [-0.2, 0) is 6.42 Å². The van der Waals surface area contributed by atoms with Crippen molar-refractivity contribution in [1.29, 1.82) is 0 Å². The number of hydrogen-bond acceptors (Lipinski definition) is 2. The van der Waals surface area contributed by atoms with Gasteiger partial charge in [-0.25, -0.2) is 0 Å². The van der Waals surface area contributed by atoms with Gasteiger partial charge in [-0.05, 0) is 71.3 Å². The van der Waals surface area contributed by atoms with Gasteiger partial charge in [0.25, 0.3) is 0 Å². The number of hydrogen-bond donors (Lipinski definition) is 1. The average Bonchev–Trinajstić information content (AvgIpc) is 3.14. The van der Waals surface area contributed by atoms with Crippen molar-refractivity contribution >= 4 is 15.9 Å². The summed E-state index contributed by atoms with van der Waals surface area (Å²) in [5.74, 6) is 0.902. The van der Waals surface area contributed by atoms with Crippen molar-refractivity contribution in [2.75, 3.05) is 13.7 Å². The van der Waals surface area contributed by atoms with E-state index >= 15 is 0 Å². The fraction of sp³-hybridized carbons (Fsp3) is 0.625. The lowest BCUT2D eigenvalue weighted by molar-refractivity contribution is 0.354. The second-order valence-electron chi connectivity index (χ2n) is 5.83. The lowest BCUT2D eigenvalue weighted by Crippen LogP contribution is -2.38. The summed E-state index contributed by atoms with van der Waals surface area (Å²) in [6.45, 7) is 5.74. The Morgan fingerprint density at radius 2 is 2.16 bits per heavy atom. The lowest BCUT2D eigenvalue weighted by atomic mass is 9.92. The molecule has 106 valence electrons. The molecule has 0 aliphatic heterocycles. The van der Waals surface area contributed by atoms with Crippen molar-refractivity contribution < 1.29 is 4.74 Å². The molecule has 0 bridgehead atoms. The Labute approximate surface area is 125 Å². The first kappa shape index (κ1) is 14.9. The largest absolute Gasteiger partial charge is 0.496 e. The standard InChI is InChI=1S/C16H24BrNO/c1-4-9-18-15(16(2)7-8-16)11-12-5-6-14(19-3)13(17)10-12/h5-6,10,15,18H,4,7-9,11H2,1-3H3. The van der Waals surface area contributed by atoms with Gasteiger partial charge in [0.1, 0.15) is 5.75 Å². The zero-order valence-corrected chi connectivity index (χ0v) is 13.7. The quantitative estimate of drug-likeness (QED) is 0.812. The van der Waals surface area contributed by atoms with Gasteiger partial charge in [0.2, 0.25) is 0 Å². The molecule has 0 heterocycles. The van der Waals surface area contributed by atoms with Gasteiger partial charge in [0.15, 0.2) is 0 Å². The van der Waals surface area contributed by atoms with Crippen LogP contribution in [0, 0.1) is 5.41 Å². The molecule has 19 heavy (non-hydrogen) atoms. The SMILES string of the molecule is CCCNC(Cc1ccc(OC)c(Br)c1)C1(C)CC1. The van der Waals surface area contributed by atoms with Crippen LogP contribution in [0.5, 0.6) is 5.75 Å². The molecule has 1 aromatic rings. The molecule has 1 aliphatic carbocycles. The van der Waals surface area contributed by atoms with Crippen molar-refractivity contribution in [3.05, 3.63) is 28.2 Å². The van der Waals surface area contributed by atoms with E-state index in [0.717, 1.165) is 23.2 Å². The minimum absolute atomic E-state index is 0.502. The Kier molecular flexibility index (Phi) is 4.91. The van der Waals surface area contributed by atoms with E-state index < -0.39 is 0 Å². The minimum Gasteiger partial charge on any atom is -0.496 e. The maximum absolute atomic E-state index is 5.29. The van der Waals surface area contributed by atoms with Crippen molar-refractivity contribution in [3.63, 3.8) is 0 Å². The molecule has 1 aliphatic rings. The smallest absolute Gasteiger partial charge is 0.133 e. The normalized spacial score (nSPS) is 18.1. The summed E-state index contributed by atoms with van der Waals surface area (Å²) in [6, 6.07) is 7.00. The van der Waals surface area contributed by atoms with E-state index in [1.54, 1.807) is 7.11 Å². The molecular weight excluding hydrogens is 302 g/mol. The fourth-order valence-corrected chi connectivity index (χ4v) is 3.09. The van der Waals surface area contributed by atoms with Gasteiger partial charge in [-0.2, -0.15) is 0 Å². The topological polar surface area (TPSA) is 21.3 Å². The minimum atomic E-state index is 0.502. The molecule has 2 nitrogen and oxygen atoms in total. The number of methoxy groups -OCH3 is 1. The summed E-state index contributed by atoms with van der Waals surface area (Å²) >= 11 is 3.57.